The summed E-state index contributed by atoms with van der Waals surface area (Å²) >= 11 is 1.79. The summed E-state index contributed by atoms with van der Waals surface area (Å²) in [5.41, 5.74) is 2.36. The summed E-state index contributed by atoms with van der Waals surface area (Å²) in [6, 6.07) is 2.75. The van der Waals surface area contributed by atoms with Crippen LogP contribution in [0.5, 0.6) is 0 Å². The van der Waals surface area contributed by atoms with Crippen LogP contribution in [0.2, 0.25) is 0 Å². The molecule has 0 saturated heterocycles. The molecule has 1 saturated carbocycles. The third kappa shape index (κ3) is 2.35. The van der Waals surface area contributed by atoms with Crippen LogP contribution in [0.25, 0.3) is 10.6 Å². The summed E-state index contributed by atoms with van der Waals surface area (Å²) in [5.74, 6) is 0.952. The van der Waals surface area contributed by atoms with E-state index in [0.29, 0.717) is 0 Å². The van der Waals surface area contributed by atoms with Crippen molar-refractivity contribution in [3.05, 3.63) is 28.7 Å². The van der Waals surface area contributed by atoms with Crippen LogP contribution in [0.1, 0.15) is 36.1 Å². The van der Waals surface area contributed by atoms with Crippen molar-refractivity contribution >= 4 is 11.3 Å². The molecule has 1 N–H and O–H groups in total. The minimum atomic E-state index is 0.746. The summed E-state index contributed by atoms with van der Waals surface area (Å²) in [4.78, 5) is 6.12. The van der Waals surface area contributed by atoms with E-state index >= 15 is 0 Å². The van der Waals surface area contributed by atoms with Crippen molar-refractivity contribution in [1.82, 2.24) is 10.3 Å². The Kier molecular flexibility index (Phi) is 3.22. The molecule has 0 spiro atoms. The average molecular weight is 262 g/mol. The highest BCUT2D eigenvalue weighted by Crippen LogP contribution is 2.31. The molecule has 1 aliphatic rings. The Bertz CT molecular complexity index is 540. The molecule has 0 radical (unpaired) electrons. The van der Waals surface area contributed by atoms with Crippen molar-refractivity contribution in [3.8, 4) is 10.6 Å². The molecule has 0 atom stereocenters. The van der Waals surface area contributed by atoms with Gasteiger partial charge < -0.3 is 9.73 Å². The number of hydrogen-bond acceptors (Lipinski definition) is 4. The van der Waals surface area contributed by atoms with Crippen molar-refractivity contribution < 1.29 is 4.42 Å². The quantitative estimate of drug-likeness (QED) is 0.896. The second-order valence-electron chi connectivity index (χ2n) is 4.79. The highest BCUT2D eigenvalue weighted by molar-refractivity contribution is 7.15. The van der Waals surface area contributed by atoms with Gasteiger partial charge in [0.05, 0.1) is 17.5 Å². The molecule has 0 amide bonds. The van der Waals surface area contributed by atoms with Crippen molar-refractivity contribution in [2.75, 3.05) is 0 Å². The minimum absolute atomic E-state index is 0.746. The van der Waals surface area contributed by atoms with Gasteiger partial charge in [-0.1, -0.05) is 6.92 Å². The third-order valence-electron chi connectivity index (χ3n) is 3.33. The molecular formula is C14H18N2OS. The van der Waals surface area contributed by atoms with E-state index in [0.717, 1.165) is 35.3 Å². The lowest BCUT2D eigenvalue weighted by Crippen LogP contribution is -2.15. The molecule has 0 bridgehead atoms. The maximum Gasteiger partial charge on any atom is 0.127 e. The van der Waals surface area contributed by atoms with E-state index in [1.807, 2.05) is 13.0 Å². The molecule has 2 aromatic heterocycles. The van der Waals surface area contributed by atoms with Gasteiger partial charge in [-0.3, -0.25) is 0 Å². The highest BCUT2D eigenvalue weighted by Gasteiger charge is 2.21. The fourth-order valence-corrected chi connectivity index (χ4v) is 3.22. The van der Waals surface area contributed by atoms with Gasteiger partial charge in [-0.25, -0.2) is 4.98 Å². The largest absolute Gasteiger partial charge is 0.469 e. The van der Waals surface area contributed by atoms with Crippen LogP contribution < -0.4 is 5.32 Å². The molecule has 0 unspecified atom stereocenters. The summed E-state index contributed by atoms with van der Waals surface area (Å²) in [6.07, 6.45) is 5.39. The normalized spacial score (nSPS) is 15.2. The molecule has 18 heavy (non-hydrogen) atoms. The van der Waals surface area contributed by atoms with E-state index < -0.39 is 0 Å². The first kappa shape index (κ1) is 11.9. The van der Waals surface area contributed by atoms with Crippen LogP contribution >= 0.6 is 11.3 Å². The summed E-state index contributed by atoms with van der Waals surface area (Å²) in [5, 5.41) is 4.66. The first-order valence-electron chi connectivity index (χ1n) is 6.54. The number of hydrogen-bond donors (Lipinski definition) is 1. The minimum Gasteiger partial charge on any atom is -0.469 e. The number of nitrogens with one attached hydrogen (secondary N) is 1. The van der Waals surface area contributed by atoms with Gasteiger partial charge >= 0.3 is 0 Å². The van der Waals surface area contributed by atoms with Gasteiger partial charge in [-0.15, -0.1) is 11.3 Å². The maximum absolute atomic E-state index is 5.36. The molecule has 0 aliphatic heterocycles. The van der Waals surface area contributed by atoms with Crippen LogP contribution in [-0.2, 0) is 13.0 Å². The molecule has 2 heterocycles. The Morgan fingerprint density at radius 1 is 1.50 bits per heavy atom. The predicted molar refractivity (Wildman–Crippen MR) is 73.8 cm³/mol. The number of nitrogens with zero attached hydrogens (tertiary/aromatic N) is 1. The van der Waals surface area contributed by atoms with Gasteiger partial charge in [0.15, 0.2) is 0 Å². The zero-order valence-electron chi connectivity index (χ0n) is 10.8. The van der Waals surface area contributed by atoms with Gasteiger partial charge in [-0.05, 0) is 32.3 Å². The van der Waals surface area contributed by atoms with E-state index in [1.54, 1.807) is 17.6 Å². The molecule has 3 rings (SSSR count). The lowest BCUT2D eigenvalue weighted by molar-refractivity contribution is 0.535. The third-order valence-corrected chi connectivity index (χ3v) is 4.46. The second kappa shape index (κ2) is 4.86. The highest BCUT2D eigenvalue weighted by atomic mass is 32.1. The fourth-order valence-electron chi connectivity index (χ4n) is 2.04. The number of thiazole rings is 1. The Labute approximate surface area is 111 Å². The molecular weight excluding hydrogens is 244 g/mol. The van der Waals surface area contributed by atoms with E-state index in [-0.39, 0.29) is 0 Å². The molecule has 4 heteroatoms. The molecule has 2 aromatic rings. The lowest BCUT2D eigenvalue weighted by Gasteiger charge is -2.00. The molecule has 1 aliphatic carbocycles. The van der Waals surface area contributed by atoms with E-state index in [9.17, 15) is 0 Å². The van der Waals surface area contributed by atoms with Crippen molar-refractivity contribution in [3.63, 3.8) is 0 Å². The van der Waals surface area contributed by atoms with Gasteiger partial charge in [0.25, 0.3) is 0 Å². The topological polar surface area (TPSA) is 38.1 Å². The summed E-state index contributed by atoms with van der Waals surface area (Å²) < 4.78 is 5.36. The van der Waals surface area contributed by atoms with Crippen LogP contribution in [0.3, 0.4) is 0 Å². The van der Waals surface area contributed by atoms with Crippen molar-refractivity contribution in [1.29, 1.82) is 0 Å². The zero-order chi connectivity index (χ0) is 12.5. The smallest absolute Gasteiger partial charge is 0.127 e. The van der Waals surface area contributed by atoms with E-state index in [4.69, 9.17) is 9.40 Å². The first-order chi connectivity index (χ1) is 8.78. The molecule has 1 fully saturated rings. The van der Waals surface area contributed by atoms with Crippen molar-refractivity contribution in [2.24, 2.45) is 0 Å². The van der Waals surface area contributed by atoms with Crippen LogP contribution in [0, 0.1) is 6.92 Å². The van der Waals surface area contributed by atoms with Crippen LogP contribution in [0.15, 0.2) is 16.7 Å². The maximum atomic E-state index is 5.36. The Morgan fingerprint density at radius 2 is 2.33 bits per heavy atom. The summed E-state index contributed by atoms with van der Waals surface area (Å²) in [6.45, 7) is 5.12. The summed E-state index contributed by atoms with van der Waals surface area (Å²) in [7, 11) is 0. The fraction of sp³-hybridized carbons (Fsp3) is 0.500. The monoisotopic (exact) mass is 262 g/mol. The second-order valence-corrected chi connectivity index (χ2v) is 5.87. The number of furan rings is 1. The number of aromatic nitrogens is 1. The molecule has 0 aromatic carbocycles. The van der Waals surface area contributed by atoms with Crippen LogP contribution in [-0.4, -0.2) is 11.0 Å². The van der Waals surface area contributed by atoms with Gasteiger partial charge in [-0.2, -0.15) is 0 Å². The van der Waals surface area contributed by atoms with Crippen LogP contribution in [0.4, 0.5) is 0 Å². The van der Waals surface area contributed by atoms with Gasteiger partial charge in [0.1, 0.15) is 10.8 Å². The van der Waals surface area contributed by atoms with Gasteiger partial charge in [0, 0.05) is 17.5 Å². The Hall–Kier alpha value is -1.13. The lowest BCUT2D eigenvalue weighted by atomic mass is 10.2. The Balaban J connectivity index is 1.84. The predicted octanol–water partition coefficient (Wildman–Crippen LogP) is 3.53. The molecule has 3 nitrogen and oxygen atoms in total. The number of rotatable bonds is 5. The SMILES string of the molecule is CCc1nc(-c2ccoc2C)sc1CNC1CC1. The zero-order valence-corrected chi connectivity index (χ0v) is 11.6. The van der Waals surface area contributed by atoms with E-state index in [1.165, 1.54) is 23.4 Å². The van der Waals surface area contributed by atoms with E-state index in [2.05, 4.69) is 12.2 Å². The van der Waals surface area contributed by atoms with Crippen molar-refractivity contribution in [2.45, 2.75) is 45.7 Å². The standard InChI is InChI=1S/C14H18N2OS/c1-3-12-13(8-15-10-4-5-10)18-14(16-12)11-6-7-17-9(11)2/h6-7,10,15H,3-5,8H2,1-2H3. The Morgan fingerprint density at radius 3 is 2.94 bits per heavy atom. The average Bonchev–Trinajstić information content (AvgIpc) is 2.96. The van der Waals surface area contributed by atoms with Gasteiger partial charge in [0.2, 0.25) is 0 Å². The molecule has 96 valence electrons. The first-order valence-corrected chi connectivity index (χ1v) is 7.36. The number of aryl methyl sites for hydroxylation is 2.